The van der Waals surface area contributed by atoms with Crippen LogP contribution in [0.4, 0.5) is 0 Å². The van der Waals surface area contributed by atoms with Gasteiger partial charge in [-0.25, -0.2) is 0 Å². The van der Waals surface area contributed by atoms with E-state index in [0.29, 0.717) is 5.56 Å². The monoisotopic (exact) mass is 322 g/mol. The molecule has 0 amide bonds. The van der Waals surface area contributed by atoms with Crippen LogP contribution in [0.5, 0.6) is 0 Å². The van der Waals surface area contributed by atoms with E-state index >= 15 is 0 Å². The number of nitriles is 1. The quantitative estimate of drug-likeness (QED) is 0.642. The highest BCUT2D eigenvalue weighted by molar-refractivity contribution is 9.10. The molecule has 20 heavy (non-hydrogen) atoms. The van der Waals surface area contributed by atoms with Gasteiger partial charge in [0.1, 0.15) is 0 Å². The molecule has 0 unspecified atom stereocenters. The van der Waals surface area contributed by atoms with Crippen molar-refractivity contribution in [2.45, 2.75) is 6.92 Å². The fraction of sp³-hybridized carbons (Fsp3) is 0.0588. The number of rotatable bonds is 1. The molecule has 0 spiro atoms. The Hall–Kier alpha value is -2.18. The molecule has 3 rings (SSSR count). The van der Waals surface area contributed by atoms with E-state index in [1.807, 2.05) is 31.2 Å². The molecule has 0 N–H and O–H groups in total. The zero-order chi connectivity index (χ0) is 14.1. The molecule has 0 saturated carbocycles. The first-order valence-corrected chi connectivity index (χ1v) is 7.03. The molecule has 0 aliphatic carbocycles. The van der Waals surface area contributed by atoms with Crippen molar-refractivity contribution in [3.63, 3.8) is 0 Å². The van der Waals surface area contributed by atoms with Crippen molar-refractivity contribution in [2.75, 3.05) is 0 Å². The first-order valence-electron chi connectivity index (χ1n) is 6.24. The minimum absolute atomic E-state index is 0.645. The maximum Gasteiger partial charge on any atom is 0.0992 e. The van der Waals surface area contributed by atoms with Gasteiger partial charge in [-0.3, -0.25) is 4.98 Å². The number of benzene rings is 2. The van der Waals surface area contributed by atoms with E-state index in [2.05, 4.69) is 51.2 Å². The van der Waals surface area contributed by atoms with Gasteiger partial charge in [-0.05, 0) is 48.4 Å². The molecule has 0 saturated heterocycles. The number of halogens is 1. The molecule has 3 heteroatoms. The topological polar surface area (TPSA) is 36.7 Å². The normalized spacial score (nSPS) is 10.4. The largest absolute Gasteiger partial charge is 0.253 e. The van der Waals surface area contributed by atoms with Crippen LogP contribution in [0, 0.1) is 18.3 Å². The minimum Gasteiger partial charge on any atom is -0.253 e. The summed E-state index contributed by atoms with van der Waals surface area (Å²) in [7, 11) is 0. The first kappa shape index (κ1) is 12.8. The van der Waals surface area contributed by atoms with Gasteiger partial charge >= 0.3 is 0 Å². The van der Waals surface area contributed by atoms with Crippen LogP contribution in [0.1, 0.15) is 11.3 Å². The lowest BCUT2D eigenvalue weighted by Crippen LogP contribution is -1.86. The van der Waals surface area contributed by atoms with E-state index in [0.717, 1.165) is 32.2 Å². The summed E-state index contributed by atoms with van der Waals surface area (Å²) in [6.45, 7) is 1.99. The molecular formula is C17H11BrN2. The van der Waals surface area contributed by atoms with E-state index in [1.165, 1.54) is 0 Å². The number of fused-ring (bicyclic) bond motifs is 1. The van der Waals surface area contributed by atoms with Crippen LogP contribution in [0.25, 0.3) is 22.0 Å². The highest BCUT2D eigenvalue weighted by atomic mass is 79.9. The van der Waals surface area contributed by atoms with Gasteiger partial charge in [-0.1, -0.05) is 34.1 Å². The Labute approximate surface area is 125 Å². The van der Waals surface area contributed by atoms with Crippen molar-refractivity contribution in [1.29, 1.82) is 5.26 Å². The van der Waals surface area contributed by atoms with E-state index < -0.39 is 0 Å². The Balaban J connectivity index is 2.19. The molecular weight excluding hydrogens is 312 g/mol. The smallest absolute Gasteiger partial charge is 0.0992 e. The van der Waals surface area contributed by atoms with Gasteiger partial charge in [0.25, 0.3) is 0 Å². The predicted octanol–water partition coefficient (Wildman–Crippen LogP) is 4.84. The van der Waals surface area contributed by atoms with E-state index in [9.17, 15) is 0 Å². The maximum absolute atomic E-state index is 9.06. The van der Waals surface area contributed by atoms with Crippen LogP contribution in [-0.4, -0.2) is 4.98 Å². The van der Waals surface area contributed by atoms with E-state index in [1.54, 1.807) is 0 Å². The molecule has 0 radical (unpaired) electrons. The predicted molar refractivity (Wildman–Crippen MR) is 84.3 cm³/mol. The molecule has 0 aliphatic rings. The Bertz CT molecular complexity index is 847. The van der Waals surface area contributed by atoms with Crippen LogP contribution in [-0.2, 0) is 0 Å². The zero-order valence-electron chi connectivity index (χ0n) is 10.9. The molecule has 0 bridgehead atoms. The SMILES string of the molecule is Cc1ccc2ccc(-c3cc(Br)cc(C#N)c3)cc2n1. The standard InChI is InChI=1S/C17H11BrN2/c1-11-2-3-13-4-5-14(9-17(13)20-11)15-6-12(10-19)7-16(18)8-15/h2-9H,1H3. The van der Waals surface area contributed by atoms with Crippen molar-refractivity contribution in [3.8, 4) is 17.2 Å². The lowest BCUT2D eigenvalue weighted by molar-refractivity contribution is 1.26. The fourth-order valence-corrected chi connectivity index (χ4v) is 2.71. The number of nitrogens with zero attached hydrogens (tertiary/aromatic N) is 2. The zero-order valence-corrected chi connectivity index (χ0v) is 12.5. The van der Waals surface area contributed by atoms with Gasteiger partial charge in [0.2, 0.25) is 0 Å². The summed E-state index contributed by atoms with van der Waals surface area (Å²) >= 11 is 3.45. The third-order valence-electron chi connectivity index (χ3n) is 3.19. The summed E-state index contributed by atoms with van der Waals surface area (Å²) in [4.78, 5) is 4.55. The molecule has 2 nitrogen and oxygen atoms in total. The number of pyridine rings is 1. The Morgan fingerprint density at radius 3 is 2.60 bits per heavy atom. The number of hydrogen-bond acceptors (Lipinski definition) is 2. The van der Waals surface area contributed by atoms with Crippen LogP contribution >= 0.6 is 15.9 Å². The van der Waals surface area contributed by atoms with Crippen molar-refractivity contribution in [2.24, 2.45) is 0 Å². The third kappa shape index (κ3) is 2.43. The van der Waals surface area contributed by atoms with Crippen molar-refractivity contribution < 1.29 is 0 Å². The molecule has 1 aromatic heterocycles. The van der Waals surface area contributed by atoms with Crippen LogP contribution in [0.3, 0.4) is 0 Å². The molecule has 1 heterocycles. The second-order valence-corrected chi connectivity index (χ2v) is 5.62. The average Bonchev–Trinajstić information content (AvgIpc) is 2.45. The van der Waals surface area contributed by atoms with Crippen molar-refractivity contribution in [3.05, 3.63) is 64.3 Å². The number of hydrogen-bond donors (Lipinski definition) is 0. The molecule has 0 fully saturated rings. The van der Waals surface area contributed by atoms with Gasteiger partial charge < -0.3 is 0 Å². The van der Waals surface area contributed by atoms with Gasteiger partial charge in [0, 0.05) is 15.6 Å². The summed E-state index contributed by atoms with van der Waals surface area (Å²) < 4.78 is 0.906. The Morgan fingerprint density at radius 1 is 1.00 bits per heavy atom. The highest BCUT2D eigenvalue weighted by Crippen LogP contribution is 2.27. The lowest BCUT2D eigenvalue weighted by Gasteiger charge is -2.06. The second kappa shape index (κ2) is 5.07. The summed E-state index contributed by atoms with van der Waals surface area (Å²) in [6.07, 6.45) is 0. The average molecular weight is 323 g/mol. The lowest BCUT2D eigenvalue weighted by atomic mass is 10.0. The first-order chi connectivity index (χ1) is 9.65. The van der Waals surface area contributed by atoms with Crippen molar-refractivity contribution in [1.82, 2.24) is 4.98 Å². The second-order valence-electron chi connectivity index (χ2n) is 4.70. The number of aryl methyl sites for hydroxylation is 1. The van der Waals surface area contributed by atoms with Crippen LogP contribution in [0.15, 0.2) is 53.0 Å². The van der Waals surface area contributed by atoms with Gasteiger partial charge in [0.15, 0.2) is 0 Å². The molecule has 96 valence electrons. The summed E-state index contributed by atoms with van der Waals surface area (Å²) in [5.41, 5.74) is 4.70. The maximum atomic E-state index is 9.06. The van der Waals surface area contributed by atoms with Crippen LogP contribution in [0.2, 0.25) is 0 Å². The van der Waals surface area contributed by atoms with Crippen LogP contribution < -0.4 is 0 Å². The van der Waals surface area contributed by atoms with Gasteiger partial charge in [-0.15, -0.1) is 0 Å². The van der Waals surface area contributed by atoms with E-state index in [-0.39, 0.29) is 0 Å². The summed E-state index contributed by atoms with van der Waals surface area (Å²) in [6, 6.07) is 18.2. The Kier molecular flexibility index (Phi) is 3.25. The highest BCUT2D eigenvalue weighted by Gasteiger charge is 2.04. The Morgan fingerprint density at radius 2 is 1.80 bits per heavy atom. The molecule has 0 atom stereocenters. The molecule has 2 aromatic carbocycles. The fourth-order valence-electron chi connectivity index (χ4n) is 2.22. The van der Waals surface area contributed by atoms with Gasteiger partial charge in [-0.2, -0.15) is 5.26 Å². The molecule has 3 aromatic rings. The summed E-state index contributed by atoms with van der Waals surface area (Å²) in [5, 5.41) is 10.2. The summed E-state index contributed by atoms with van der Waals surface area (Å²) in [5.74, 6) is 0. The number of aromatic nitrogens is 1. The van der Waals surface area contributed by atoms with Crippen molar-refractivity contribution >= 4 is 26.8 Å². The van der Waals surface area contributed by atoms with E-state index in [4.69, 9.17) is 5.26 Å². The third-order valence-corrected chi connectivity index (χ3v) is 3.65. The minimum atomic E-state index is 0.645. The van der Waals surface area contributed by atoms with Gasteiger partial charge in [0.05, 0.1) is 17.1 Å². The molecule has 0 aliphatic heterocycles.